The molecular formula is C21H31N3O3. The van der Waals surface area contributed by atoms with Crippen LogP contribution < -0.4 is 10.6 Å². The van der Waals surface area contributed by atoms with Gasteiger partial charge in [-0.1, -0.05) is 51.2 Å². The van der Waals surface area contributed by atoms with Crippen LogP contribution in [0.3, 0.4) is 0 Å². The summed E-state index contributed by atoms with van der Waals surface area (Å²) in [7, 11) is 0. The summed E-state index contributed by atoms with van der Waals surface area (Å²) in [6, 6.07) is 5.15. The number of amides is 4. The molecule has 148 valence electrons. The largest absolute Gasteiger partial charge is 0.325 e. The molecule has 0 aliphatic carbocycles. The van der Waals surface area contributed by atoms with Gasteiger partial charge in [0, 0.05) is 5.69 Å². The fourth-order valence-electron chi connectivity index (χ4n) is 3.36. The van der Waals surface area contributed by atoms with Crippen molar-refractivity contribution in [1.29, 1.82) is 0 Å². The van der Waals surface area contributed by atoms with E-state index >= 15 is 0 Å². The molecular weight excluding hydrogens is 342 g/mol. The van der Waals surface area contributed by atoms with Crippen LogP contribution in [0.15, 0.2) is 18.2 Å². The molecule has 1 aliphatic heterocycles. The van der Waals surface area contributed by atoms with Crippen LogP contribution in [0.25, 0.3) is 0 Å². The second kappa shape index (κ2) is 9.02. The van der Waals surface area contributed by atoms with Crippen molar-refractivity contribution < 1.29 is 14.4 Å². The number of carbonyl (C=O) groups excluding carboxylic acids is 3. The van der Waals surface area contributed by atoms with Gasteiger partial charge in [0.2, 0.25) is 5.91 Å². The Labute approximate surface area is 161 Å². The minimum atomic E-state index is -0.914. The topological polar surface area (TPSA) is 78.5 Å². The SMILES string of the molecule is CCCCCCCC1(C)NC(=O)N(CC(=O)Nc2cccc(C)c2C)C1=O. The summed E-state index contributed by atoms with van der Waals surface area (Å²) >= 11 is 0. The standard InChI is InChI=1S/C21H31N3O3/c1-5-6-7-8-9-13-21(4)19(26)24(20(27)23-21)14-18(25)22-17-12-10-11-15(2)16(17)3/h10-12H,5-9,13-14H2,1-4H3,(H,22,25)(H,23,27). The third-order valence-corrected chi connectivity index (χ3v) is 5.31. The third-order valence-electron chi connectivity index (χ3n) is 5.31. The van der Waals surface area contributed by atoms with E-state index in [9.17, 15) is 14.4 Å². The predicted octanol–water partition coefficient (Wildman–Crippen LogP) is 3.91. The number of nitrogens with one attached hydrogen (secondary N) is 2. The molecule has 2 N–H and O–H groups in total. The van der Waals surface area contributed by atoms with Crippen LogP contribution in [0.5, 0.6) is 0 Å². The van der Waals surface area contributed by atoms with Gasteiger partial charge in [0.05, 0.1) is 0 Å². The number of rotatable bonds is 9. The van der Waals surface area contributed by atoms with E-state index in [1.54, 1.807) is 6.92 Å². The van der Waals surface area contributed by atoms with Crippen molar-refractivity contribution in [2.75, 3.05) is 11.9 Å². The maximum absolute atomic E-state index is 12.7. The molecule has 1 atom stereocenters. The Hall–Kier alpha value is -2.37. The molecule has 6 heteroatoms. The van der Waals surface area contributed by atoms with Gasteiger partial charge in [0.15, 0.2) is 0 Å². The van der Waals surface area contributed by atoms with Crippen LogP contribution in [0.4, 0.5) is 10.5 Å². The quantitative estimate of drug-likeness (QED) is 0.509. The lowest BCUT2D eigenvalue weighted by Gasteiger charge is -2.21. The maximum Gasteiger partial charge on any atom is 0.325 e. The molecule has 0 spiro atoms. The van der Waals surface area contributed by atoms with E-state index in [-0.39, 0.29) is 18.4 Å². The number of nitrogens with zero attached hydrogens (tertiary/aromatic N) is 1. The van der Waals surface area contributed by atoms with Gasteiger partial charge in [-0.2, -0.15) is 0 Å². The smallest absolute Gasteiger partial charge is 0.324 e. The summed E-state index contributed by atoms with van der Waals surface area (Å²) in [4.78, 5) is 38.4. The number of carbonyl (C=O) groups is 3. The van der Waals surface area contributed by atoms with Crippen molar-refractivity contribution in [3.8, 4) is 0 Å². The van der Waals surface area contributed by atoms with Crippen LogP contribution in [0.2, 0.25) is 0 Å². The first-order chi connectivity index (χ1) is 12.8. The van der Waals surface area contributed by atoms with Gasteiger partial charge in [-0.3, -0.25) is 14.5 Å². The van der Waals surface area contributed by atoms with Gasteiger partial charge in [-0.15, -0.1) is 0 Å². The first kappa shape index (κ1) is 20.9. The predicted molar refractivity (Wildman–Crippen MR) is 107 cm³/mol. The Morgan fingerprint density at radius 1 is 1.15 bits per heavy atom. The van der Waals surface area contributed by atoms with Crippen molar-refractivity contribution in [1.82, 2.24) is 10.2 Å². The summed E-state index contributed by atoms with van der Waals surface area (Å²) in [6.45, 7) is 7.52. The second-order valence-electron chi connectivity index (χ2n) is 7.61. The fourth-order valence-corrected chi connectivity index (χ4v) is 3.36. The van der Waals surface area contributed by atoms with Crippen LogP contribution >= 0.6 is 0 Å². The first-order valence-corrected chi connectivity index (χ1v) is 9.78. The number of anilines is 1. The summed E-state index contributed by atoms with van der Waals surface area (Å²) in [6.07, 6.45) is 6.00. The van der Waals surface area contributed by atoms with E-state index in [2.05, 4.69) is 17.6 Å². The van der Waals surface area contributed by atoms with E-state index < -0.39 is 11.6 Å². The number of urea groups is 1. The molecule has 1 fully saturated rings. The first-order valence-electron chi connectivity index (χ1n) is 9.78. The van der Waals surface area contributed by atoms with Crippen molar-refractivity contribution >= 4 is 23.5 Å². The number of hydrogen-bond donors (Lipinski definition) is 2. The number of benzene rings is 1. The highest BCUT2D eigenvalue weighted by atomic mass is 16.2. The molecule has 0 radical (unpaired) electrons. The number of aryl methyl sites for hydroxylation is 1. The molecule has 27 heavy (non-hydrogen) atoms. The lowest BCUT2D eigenvalue weighted by Crippen LogP contribution is -2.44. The average molecular weight is 373 g/mol. The highest BCUT2D eigenvalue weighted by molar-refractivity contribution is 6.10. The zero-order valence-electron chi connectivity index (χ0n) is 16.9. The molecule has 1 saturated heterocycles. The van der Waals surface area contributed by atoms with E-state index in [0.29, 0.717) is 12.1 Å². The average Bonchev–Trinajstić information content (AvgIpc) is 2.82. The molecule has 0 bridgehead atoms. The van der Waals surface area contributed by atoms with E-state index in [1.807, 2.05) is 32.0 Å². The molecule has 1 aliphatic rings. The Balaban J connectivity index is 1.94. The highest BCUT2D eigenvalue weighted by Crippen LogP contribution is 2.24. The highest BCUT2D eigenvalue weighted by Gasteiger charge is 2.47. The zero-order valence-corrected chi connectivity index (χ0v) is 16.9. The zero-order chi connectivity index (χ0) is 20.0. The molecule has 4 amide bonds. The molecule has 2 rings (SSSR count). The fraction of sp³-hybridized carbons (Fsp3) is 0.571. The van der Waals surface area contributed by atoms with E-state index in [0.717, 1.165) is 41.7 Å². The molecule has 0 aromatic heterocycles. The Bertz CT molecular complexity index is 717. The minimum Gasteiger partial charge on any atom is -0.324 e. The van der Waals surface area contributed by atoms with Gasteiger partial charge >= 0.3 is 6.03 Å². The number of hydrogen-bond acceptors (Lipinski definition) is 3. The lowest BCUT2D eigenvalue weighted by atomic mass is 9.94. The lowest BCUT2D eigenvalue weighted by molar-refractivity contribution is -0.133. The Kier molecular flexibility index (Phi) is 6.99. The van der Waals surface area contributed by atoms with Crippen LogP contribution in [-0.4, -0.2) is 34.8 Å². The van der Waals surface area contributed by atoms with E-state index in [4.69, 9.17) is 0 Å². The molecule has 1 aromatic carbocycles. The number of unbranched alkanes of at least 4 members (excludes halogenated alkanes) is 4. The monoisotopic (exact) mass is 373 g/mol. The van der Waals surface area contributed by atoms with Crippen LogP contribution in [0, 0.1) is 13.8 Å². The van der Waals surface area contributed by atoms with Gasteiger partial charge in [-0.25, -0.2) is 4.79 Å². The minimum absolute atomic E-state index is 0.274. The Morgan fingerprint density at radius 2 is 1.85 bits per heavy atom. The van der Waals surface area contributed by atoms with Gasteiger partial charge in [-0.05, 0) is 44.4 Å². The normalized spacial score (nSPS) is 19.3. The maximum atomic E-state index is 12.7. The van der Waals surface area contributed by atoms with Gasteiger partial charge < -0.3 is 10.6 Å². The molecule has 1 heterocycles. The van der Waals surface area contributed by atoms with Crippen LogP contribution in [0.1, 0.15) is 63.5 Å². The molecule has 6 nitrogen and oxygen atoms in total. The summed E-state index contributed by atoms with van der Waals surface area (Å²) in [5.41, 5.74) is 1.83. The van der Waals surface area contributed by atoms with E-state index in [1.165, 1.54) is 6.42 Å². The van der Waals surface area contributed by atoms with Gasteiger partial charge in [0.25, 0.3) is 5.91 Å². The van der Waals surface area contributed by atoms with Crippen molar-refractivity contribution in [3.63, 3.8) is 0 Å². The van der Waals surface area contributed by atoms with Crippen molar-refractivity contribution in [3.05, 3.63) is 29.3 Å². The molecule has 1 aromatic rings. The summed E-state index contributed by atoms with van der Waals surface area (Å²) < 4.78 is 0. The third kappa shape index (κ3) is 5.08. The number of imide groups is 1. The van der Waals surface area contributed by atoms with Crippen LogP contribution in [-0.2, 0) is 9.59 Å². The Morgan fingerprint density at radius 3 is 2.56 bits per heavy atom. The summed E-state index contributed by atoms with van der Waals surface area (Å²) in [5, 5.41) is 5.57. The van der Waals surface area contributed by atoms with Gasteiger partial charge in [0.1, 0.15) is 12.1 Å². The summed E-state index contributed by atoms with van der Waals surface area (Å²) in [5.74, 6) is -0.696. The molecule has 0 saturated carbocycles. The van der Waals surface area contributed by atoms with Crippen molar-refractivity contribution in [2.45, 2.75) is 71.8 Å². The second-order valence-corrected chi connectivity index (χ2v) is 7.61. The van der Waals surface area contributed by atoms with Crippen molar-refractivity contribution in [2.24, 2.45) is 0 Å². The molecule has 1 unspecified atom stereocenters.